The van der Waals surface area contributed by atoms with Gasteiger partial charge in [0.05, 0.1) is 47.8 Å². The Labute approximate surface area is 303 Å². The van der Waals surface area contributed by atoms with Crippen molar-refractivity contribution in [3.63, 3.8) is 0 Å². The van der Waals surface area contributed by atoms with Gasteiger partial charge in [-0.3, -0.25) is 9.79 Å². The Bertz CT molecular complexity index is 1800. The summed E-state index contributed by atoms with van der Waals surface area (Å²) in [6.07, 6.45) is 13.8. The van der Waals surface area contributed by atoms with E-state index in [1.165, 1.54) is 11.3 Å². The number of ether oxygens (including phenoxy) is 2. The standard InChI is InChI=1S/C36H48N6O7S2/c1-21(2)29-20-50-33(38-29)28-17-31(26-13-10-23(48-4)15-27(26)37-28)49-24-16-30-32(43)39-36(34(44)40-51(46,47)25-11-12-25)18-22(36)9-7-5-6-8-14-41(3)35(45)42(30)19-24/h7,9-10,13,15,17,20-22,24-27,30,34,40,44H,5-6,8,11-12,14,16,18-19H2,1-4H3,(H,39,43)/b9-7-/t22-,24+,26?,27?,30-,34?,36+/m0/s1. The first-order chi connectivity index (χ1) is 24.4. The van der Waals surface area contributed by atoms with E-state index in [1.54, 1.807) is 24.0 Å². The van der Waals surface area contributed by atoms with Crippen molar-refractivity contribution < 1.29 is 32.6 Å². The first-order valence-electron chi connectivity index (χ1n) is 17.9. The molecule has 3 N–H and O–H groups in total. The molecule has 7 atom stereocenters. The SMILES string of the molecule is COC1=CC2N=C(c3nc(C(C)C)cs3)C=C(O[C@@H]3C[C@H]4C(=O)N[C@]5(C(O)NS(=O)(=O)C6CC6)C[C@@H]5/C=C\CCCCN(C)C(=O)N4C3)C2C=C1. The number of nitrogens with zero attached hydrogens (tertiary/aromatic N) is 4. The lowest BCUT2D eigenvalue weighted by Crippen LogP contribution is -2.59. The summed E-state index contributed by atoms with van der Waals surface area (Å²) in [6.45, 7) is 4.91. The van der Waals surface area contributed by atoms with Crippen molar-refractivity contribution in [1.29, 1.82) is 0 Å². The number of aliphatic imine (C=N–C) groups is 1. The van der Waals surface area contributed by atoms with Gasteiger partial charge in [-0.1, -0.05) is 32.1 Å². The lowest BCUT2D eigenvalue weighted by molar-refractivity contribution is -0.127. The molecule has 0 radical (unpaired) electrons. The second-order valence-corrected chi connectivity index (χ2v) is 17.7. The Kier molecular flexibility index (Phi) is 9.93. The first kappa shape index (κ1) is 35.9. The molecule has 0 bridgehead atoms. The summed E-state index contributed by atoms with van der Waals surface area (Å²) in [5, 5.41) is 16.6. The molecule has 1 aromatic rings. The molecule has 15 heteroatoms. The summed E-state index contributed by atoms with van der Waals surface area (Å²) in [6, 6.07) is -1.46. The molecule has 51 heavy (non-hydrogen) atoms. The van der Waals surface area contributed by atoms with E-state index < -0.39 is 45.1 Å². The van der Waals surface area contributed by atoms with Gasteiger partial charge in [0, 0.05) is 37.4 Å². The molecule has 6 aliphatic rings. The van der Waals surface area contributed by atoms with Crippen molar-refractivity contribution in [3.8, 4) is 0 Å². The Morgan fingerprint density at radius 3 is 2.73 bits per heavy atom. The third kappa shape index (κ3) is 7.40. The molecular formula is C36H48N6O7S2. The zero-order valence-electron chi connectivity index (χ0n) is 29.5. The molecule has 3 amide bonds. The van der Waals surface area contributed by atoms with Crippen LogP contribution < -0.4 is 10.0 Å². The first-order valence-corrected chi connectivity index (χ1v) is 20.4. The minimum absolute atomic E-state index is 0.174. The van der Waals surface area contributed by atoms with E-state index in [-0.39, 0.29) is 42.8 Å². The molecule has 2 saturated carbocycles. The Morgan fingerprint density at radius 1 is 1.20 bits per heavy atom. The van der Waals surface area contributed by atoms with Crippen molar-refractivity contribution in [1.82, 2.24) is 24.8 Å². The van der Waals surface area contributed by atoms with Gasteiger partial charge in [0.1, 0.15) is 34.9 Å². The largest absolute Gasteiger partial charge is 0.497 e. The number of urea groups is 1. The number of fused-ring (bicyclic) bond motifs is 3. The quantitative estimate of drug-likeness (QED) is 0.256. The van der Waals surface area contributed by atoms with Crippen LogP contribution in [0.3, 0.4) is 0 Å². The number of aromatic nitrogens is 1. The second kappa shape index (κ2) is 14.1. The number of thiazole rings is 1. The van der Waals surface area contributed by atoms with E-state index in [0.717, 1.165) is 30.0 Å². The Balaban J connectivity index is 1.16. The fourth-order valence-corrected chi connectivity index (χ4v) is 9.74. The van der Waals surface area contributed by atoms with E-state index in [4.69, 9.17) is 19.5 Å². The molecule has 1 aromatic heterocycles. The van der Waals surface area contributed by atoms with Gasteiger partial charge >= 0.3 is 6.03 Å². The predicted molar refractivity (Wildman–Crippen MR) is 193 cm³/mol. The smallest absolute Gasteiger partial charge is 0.320 e. The number of hydrogen-bond acceptors (Lipinski definition) is 10. The number of rotatable bonds is 9. The minimum atomic E-state index is -3.73. The van der Waals surface area contributed by atoms with Gasteiger partial charge in [0.15, 0.2) is 0 Å². The topological polar surface area (TPSA) is 163 Å². The second-order valence-electron chi connectivity index (χ2n) is 14.8. The maximum absolute atomic E-state index is 14.2. The number of hydrogen-bond donors (Lipinski definition) is 3. The summed E-state index contributed by atoms with van der Waals surface area (Å²) in [5.41, 5.74) is 0.472. The van der Waals surface area contributed by atoms with Gasteiger partial charge in [-0.2, -0.15) is 4.72 Å². The van der Waals surface area contributed by atoms with E-state index in [0.29, 0.717) is 43.0 Å². The van der Waals surface area contributed by atoms with Crippen LogP contribution in [0.15, 0.2) is 58.3 Å². The number of nitrogens with one attached hydrogen (secondary N) is 2. The highest BCUT2D eigenvalue weighted by atomic mass is 32.2. The fourth-order valence-electron chi connectivity index (χ4n) is 7.33. The van der Waals surface area contributed by atoms with Crippen LogP contribution >= 0.6 is 11.3 Å². The van der Waals surface area contributed by atoms with Gasteiger partial charge in [0.2, 0.25) is 15.9 Å². The van der Waals surface area contributed by atoms with Gasteiger partial charge in [-0.25, -0.2) is 18.2 Å². The van der Waals surface area contributed by atoms with Crippen LogP contribution in [0.5, 0.6) is 0 Å². The highest BCUT2D eigenvalue weighted by Gasteiger charge is 2.61. The molecule has 4 heterocycles. The number of amides is 3. The molecule has 276 valence electrons. The van der Waals surface area contributed by atoms with Gasteiger partial charge < -0.3 is 29.7 Å². The number of allylic oxidation sites excluding steroid dienone is 3. The van der Waals surface area contributed by atoms with Crippen molar-refractivity contribution in [2.75, 3.05) is 27.2 Å². The third-order valence-corrected chi connectivity index (χ3v) is 13.5. The number of carbonyl (C=O) groups excluding carboxylic acids is 2. The van der Waals surface area contributed by atoms with E-state index in [9.17, 15) is 23.1 Å². The summed E-state index contributed by atoms with van der Waals surface area (Å²) in [7, 11) is -0.370. The van der Waals surface area contributed by atoms with E-state index in [1.807, 2.05) is 41.8 Å². The van der Waals surface area contributed by atoms with Crippen molar-refractivity contribution >= 4 is 39.0 Å². The van der Waals surface area contributed by atoms with Crippen LogP contribution in [0.1, 0.15) is 75.4 Å². The molecule has 3 unspecified atom stereocenters. The summed E-state index contributed by atoms with van der Waals surface area (Å²) in [5.74, 6) is 0.719. The summed E-state index contributed by atoms with van der Waals surface area (Å²) >= 11 is 1.53. The zero-order valence-corrected chi connectivity index (χ0v) is 31.2. The fraction of sp³-hybridized carbons (Fsp3) is 0.611. The molecule has 7 rings (SSSR count). The number of methoxy groups -OCH3 is 1. The highest BCUT2D eigenvalue weighted by Crippen LogP contribution is 2.48. The molecule has 13 nitrogen and oxygen atoms in total. The van der Waals surface area contributed by atoms with E-state index in [2.05, 4.69) is 23.9 Å². The van der Waals surface area contributed by atoms with Crippen molar-refractivity contribution in [2.45, 2.75) is 99.9 Å². The number of dihydropyridines is 1. The lowest BCUT2D eigenvalue weighted by atomic mass is 9.89. The van der Waals surface area contributed by atoms with Crippen molar-refractivity contribution in [3.05, 3.63) is 64.1 Å². The van der Waals surface area contributed by atoms with Crippen molar-refractivity contribution in [2.24, 2.45) is 16.8 Å². The number of aliphatic hydroxyl groups excluding tert-OH is 1. The normalized spacial score (nSPS) is 32.4. The number of carbonyl (C=O) groups is 2. The van der Waals surface area contributed by atoms with Gasteiger partial charge in [-0.05, 0) is 56.6 Å². The molecule has 1 saturated heterocycles. The molecule has 3 aliphatic heterocycles. The number of sulfonamides is 1. The maximum Gasteiger partial charge on any atom is 0.320 e. The molecule has 0 aromatic carbocycles. The van der Waals surface area contributed by atoms with Crippen LogP contribution in [0.2, 0.25) is 0 Å². The van der Waals surface area contributed by atoms with Crippen LogP contribution in [-0.2, 0) is 24.3 Å². The Morgan fingerprint density at radius 2 is 2.00 bits per heavy atom. The average molecular weight is 741 g/mol. The van der Waals surface area contributed by atoms with Crippen LogP contribution in [0.25, 0.3) is 0 Å². The lowest BCUT2D eigenvalue weighted by Gasteiger charge is -2.32. The molecule has 0 spiro atoms. The average Bonchev–Trinajstić information content (AvgIpc) is 3.98. The van der Waals surface area contributed by atoms with Gasteiger partial charge in [-0.15, -0.1) is 11.3 Å². The third-order valence-electron chi connectivity index (χ3n) is 10.7. The van der Waals surface area contributed by atoms with Crippen LogP contribution in [0.4, 0.5) is 4.79 Å². The van der Waals surface area contributed by atoms with E-state index >= 15 is 0 Å². The highest BCUT2D eigenvalue weighted by molar-refractivity contribution is 7.90. The minimum Gasteiger partial charge on any atom is -0.497 e. The van der Waals surface area contributed by atoms with Crippen LogP contribution in [-0.4, -0.2) is 108 Å². The molecule has 3 aliphatic carbocycles. The monoisotopic (exact) mass is 740 g/mol. The number of aliphatic hydroxyl groups is 1. The molecular weight excluding hydrogens is 693 g/mol. The zero-order chi connectivity index (χ0) is 36.1. The Hall–Kier alpha value is -3.53. The maximum atomic E-state index is 14.2. The van der Waals surface area contributed by atoms with Crippen LogP contribution in [0, 0.1) is 11.8 Å². The molecule has 3 fully saturated rings. The predicted octanol–water partition coefficient (Wildman–Crippen LogP) is 3.56. The summed E-state index contributed by atoms with van der Waals surface area (Å²) in [4.78, 5) is 41.2. The summed E-state index contributed by atoms with van der Waals surface area (Å²) < 4.78 is 40.3. The van der Waals surface area contributed by atoms with Gasteiger partial charge in [0.25, 0.3) is 0 Å².